The van der Waals surface area contributed by atoms with Crippen LogP contribution in [0.4, 0.5) is 10.5 Å². The number of hydrogen-bond acceptors (Lipinski definition) is 7. The molecule has 1 N–H and O–H groups in total. The van der Waals surface area contributed by atoms with E-state index in [0.29, 0.717) is 22.6 Å². The molecule has 0 aromatic heterocycles. The number of alkyl carbamates (subject to hydrolysis) is 1. The smallest absolute Gasteiger partial charge is 0.409 e. The van der Waals surface area contributed by atoms with E-state index in [9.17, 15) is 14.9 Å². The van der Waals surface area contributed by atoms with Crippen LogP contribution in [0.5, 0.6) is 11.5 Å². The third-order valence-electron chi connectivity index (χ3n) is 4.38. The summed E-state index contributed by atoms with van der Waals surface area (Å²) in [6.45, 7) is 0.191. The number of nitrogens with one attached hydrogen (secondary N) is 1. The lowest BCUT2D eigenvalue weighted by molar-refractivity contribution is -0.384. The minimum atomic E-state index is -1.38. The maximum absolute atomic E-state index is 12.0. The Kier molecular flexibility index (Phi) is 4.87. The largest absolute Gasteiger partial charge is 0.493 e. The Morgan fingerprint density at radius 1 is 1.15 bits per heavy atom. The summed E-state index contributed by atoms with van der Waals surface area (Å²) in [5, 5.41) is 13.6. The van der Waals surface area contributed by atoms with Crippen LogP contribution in [0.15, 0.2) is 36.4 Å². The predicted molar refractivity (Wildman–Crippen MR) is 93.8 cm³/mol. The number of ether oxygens (including phenoxy) is 4. The van der Waals surface area contributed by atoms with Gasteiger partial charge in [0, 0.05) is 23.3 Å². The number of hydrogen-bond donors (Lipinski definition) is 1. The zero-order valence-corrected chi connectivity index (χ0v) is 15.0. The topological polar surface area (TPSA) is 109 Å². The average Bonchev–Trinajstić information content (AvgIpc) is 3.05. The Morgan fingerprint density at radius 3 is 2.33 bits per heavy atom. The molecule has 0 aliphatic carbocycles. The third-order valence-corrected chi connectivity index (χ3v) is 4.38. The maximum atomic E-state index is 12.0. The molecule has 2 aromatic rings. The summed E-state index contributed by atoms with van der Waals surface area (Å²) >= 11 is 0. The number of nitrogens with zero attached hydrogens (tertiary/aromatic N) is 1. The Balaban J connectivity index is 2.17. The highest BCUT2D eigenvalue weighted by Gasteiger charge is 2.45. The van der Waals surface area contributed by atoms with Crippen LogP contribution >= 0.6 is 0 Å². The molecular weight excluding hydrogens is 356 g/mol. The highest BCUT2D eigenvalue weighted by atomic mass is 16.6. The second kappa shape index (κ2) is 7.12. The number of amides is 1. The predicted octanol–water partition coefficient (Wildman–Crippen LogP) is 2.70. The zero-order chi connectivity index (χ0) is 19.6. The number of benzene rings is 2. The molecule has 1 unspecified atom stereocenters. The summed E-state index contributed by atoms with van der Waals surface area (Å²) in [7, 11) is 4.26. The molecule has 9 heteroatoms. The molecule has 0 saturated carbocycles. The number of carbonyl (C=O) groups is 1. The van der Waals surface area contributed by atoms with Gasteiger partial charge in [-0.15, -0.1) is 0 Å². The average molecular weight is 374 g/mol. The van der Waals surface area contributed by atoms with Crippen LogP contribution < -0.4 is 14.8 Å². The van der Waals surface area contributed by atoms with Crippen molar-refractivity contribution in [2.24, 2.45) is 0 Å². The molecule has 1 aliphatic heterocycles. The van der Waals surface area contributed by atoms with Crippen molar-refractivity contribution in [2.45, 2.75) is 12.3 Å². The first kappa shape index (κ1) is 18.5. The van der Waals surface area contributed by atoms with Gasteiger partial charge in [-0.1, -0.05) is 0 Å². The summed E-state index contributed by atoms with van der Waals surface area (Å²) in [5.41, 5.74) is 0.459. The number of non-ortho nitro benzene ring substituents is 1. The second-order valence-electron chi connectivity index (χ2n) is 5.75. The van der Waals surface area contributed by atoms with E-state index in [1.807, 2.05) is 0 Å². The van der Waals surface area contributed by atoms with Crippen LogP contribution in [0.3, 0.4) is 0 Å². The lowest BCUT2D eigenvalue weighted by Crippen LogP contribution is -2.46. The monoisotopic (exact) mass is 374 g/mol. The molecule has 0 spiro atoms. The lowest BCUT2D eigenvalue weighted by Gasteiger charge is -2.30. The van der Waals surface area contributed by atoms with Crippen molar-refractivity contribution in [3.05, 3.63) is 63.2 Å². The number of rotatable bonds is 5. The maximum Gasteiger partial charge on any atom is 0.409 e. The molecule has 0 radical (unpaired) electrons. The molecule has 0 fully saturated rings. The van der Waals surface area contributed by atoms with Crippen LogP contribution in [-0.4, -0.2) is 32.3 Å². The van der Waals surface area contributed by atoms with Gasteiger partial charge in [0.2, 0.25) is 0 Å². The van der Waals surface area contributed by atoms with Crippen molar-refractivity contribution in [2.75, 3.05) is 21.3 Å². The number of nitro benzene ring substituents is 1. The summed E-state index contributed by atoms with van der Waals surface area (Å²) < 4.78 is 21.4. The fraction of sp³-hybridized carbons (Fsp3) is 0.278. The van der Waals surface area contributed by atoms with Crippen molar-refractivity contribution in [1.29, 1.82) is 0 Å². The van der Waals surface area contributed by atoms with E-state index in [0.717, 1.165) is 5.56 Å². The van der Waals surface area contributed by atoms with E-state index in [1.54, 1.807) is 12.1 Å². The van der Waals surface area contributed by atoms with E-state index >= 15 is 0 Å². The van der Waals surface area contributed by atoms with E-state index in [2.05, 4.69) is 5.32 Å². The van der Waals surface area contributed by atoms with Gasteiger partial charge in [0.05, 0.1) is 32.9 Å². The number of fused-ring (bicyclic) bond motifs is 1. The van der Waals surface area contributed by atoms with E-state index in [4.69, 9.17) is 18.9 Å². The van der Waals surface area contributed by atoms with Gasteiger partial charge in [0.15, 0.2) is 17.2 Å². The second-order valence-corrected chi connectivity index (χ2v) is 5.75. The molecule has 1 atom stereocenters. The fourth-order valence-electron chi connectivity index (χ4n) is 3.06. The molecule has 27 heavy (non-hydrogen) atoms. The Morgan fingerprint density at radius 2 is 1.78 bits per heavy atom. The van der Waals surface area contributed by atoms with Crippen LogP contribution in [0.25, 0.3) is 0 Å². The molecule has 9 nitrogen and oxygen atoms in total. The summed E-state index contributed by atoms with van der Waals surface area (Å²) in [6.07, 6.45) is -0.712. The van der Waals surface area contributed by atoms with Crippen molar-refractivity contribution in [3.63, 3.8) is 0 Å². The molecule has 3 rings (SSSR count). The first-order valence-electron chi connectivity index (χ1n) is 7.95. The normalized spacial score (nSPS) is 17.7. The van der Waals surface area contributed by atoms with Gasteiger partial charge < -0.3 is 18.9 Å². The number of carbonyl (C=O) groups excluding carboxylic acids is 1. The van der Waals surface area contributed by atoms with Crippen molar-refractivity contribution < 1.29 is 28.7 Å². The van der Waals surface area contributed by atoms with Crippen LogP contribution in [0.2, 0.25) is 0 Å². The summed E-state index contributed by atoms with van der Waals surface area (Å²) in [4.78, 5) is 22.5. The summed E-state index contributed by atoms with van der Waals surface area (Å²) in [5.74, 6) is 0.983. The van der Waals surface area contributed by atoms with Crippen LogP contribution in [0, 0.1) is 10.1 Å². The van der Waals surface area contributed by atoms with Gasteiger partial charge in [-0.3, -0.25) is 15.4 Å². The Hall–Kier alpha value is -3.33. The number of nitro groups is 1. The minimum absolute atomic E-state index is 0.0718. The molecule has 0 bridgehead atoms. The van der Waals surface area contributed by atoms with Gasteiger partial charge in [-0.2, -0.15) is 0 Å². The standard InChI is InChI=1S/C18H18N2O7/c1-24-15-8-11-10-27-18(19-17(21)26-3,14(11)9-16(15)25-2)12-4-6-13(7-5-12)20(22)23/h4-9H,10H2,1-3H3,(H,19,21). The van der Waals surface area contributed by atoms with E-state index < -0.39 is 16.7 Å². The molecule has 142 valence electrons. The molecule has 1 heterocycles. The van der Waals surface area contributed by atoms with Gasteiger partial charge in [0.1, 0.15) is 0 Å². The highest BCUT2D eigenvalue weighted by Crippen LogP contribution is 2.44. The first-order valence-corrected chi connectivity index (χ1v) is 7.95. The van der Waals surface area contributed by atoms with Gasteiger partial charge >= 0.3 is 6.09 Å². The van der Waals surface area contributed by atoms with Gasteiger partial charge in [0.25, 0.3) is 5.69 Å². The lowest BCUT2D eigenvalue weighted by atomic mass is 9.92. The first-order chi connectivity index (χ1) is 12.9. The zero-order valence-electron chi connectivity index (χ0n) is 15.0. The third kappa shape index (κ3) is 3.13. The van der Waals surface area contributed by atoms with Crippen LogP contribution in [-0.2, 0) is 21.8 Å². The molecular formula is C18H18N2O7. The minimum Gasteiger partial charge on any atom is -0.493 e. The van der Waals surface area contributed by atoms with Crippen molar-refractivity contribution in [1.82, 2.24) is 5.32 Å². The van der Waals surface area contributed by atoms with Gasteiger partial charge in [-0.05, 0) is 29.8 Å². The van der Waals surface area contributed by atoms with Gasteiger partial charge in [-0.25, -0.2) is 4.79 Å². The molecule has 1 amide bonds. The van der Waals surface area contributed by atoms with E-state index in [1.165, 1.54) is 45.6 Å². The Bertz CT molecular complexity index is 882. The van der Waals surface area contributed by atoms with Crippen LogP contribution in [0.1, 0.15) is 16.7 Å². The SMILES string of the molecule is COC(=O)NC1(c2ccc([N+](=O)[O-])cc2)OCc2cc(OC)c(OC)cc21. The fourth-order valence-corrected chi connectivity index (χ4v) is 3.06. The number of methoxy groups -OCH3 is 3. The Labute approximate surface area is 154 Å². The highest BCUT2D eigenvalue weighted by molar-refractivity contribution is 5.70. The molecule has 2 aromatic carbocycles. The van der Waals surface area contributed by atoms with Crippen molar-refractivity contribution >= 4 is 11.8 Å². The van der Waals surface area contributed by atoms with Crippen molar-refractivity contribution in [3.8, 4) is 11.5 Å². The molecule has 1 aliphatic rings. The van der Waals surface area contributed by atoms with E-state index in [-0.39, 0.29) is 12.3 Å². The molecule has 0 saturated heterocycles. The quantitative estimate of drug-likeness (QED) is 0.633. The summed E-state index contributed by atoms with van der Waals surface area (Å²) in [6, 6.07) is 9.22.